The van der Waals surface area contributed by atoms with Gasteiger partial charge in [-0.2, -0.15) is 0 Å². The molecular formula is C15H18O2. The van der Waals surface area contributed by atoms with Crippen LogP contribution in [0.3, 0.4) is 0 Å². The summed E-state index contributed by atoms with van der Waals surface area (Å²) in [6.45, 7) is 0. The summed E-state index contributed by atoms with van der Waals surface area (Å²) in [5, 5.41) is 11.4. The molecule has 3 rings (SSSR count). The standard InChI is InChI=1S/C15H18O2/c16-14(9-11-5-1-2-6-11)13-10-17-15-8-4-3-7-12(13)15/h3-4,7-8,10-11,14,16H,1-2,5-6,9H2. The van der Waals surface area contributed by atoms with E-state index in [-0.39, 0.29) is 6.10 Å². The summed E-state index contributed by atoms with van der Waals surface area (Å²) < 4.78 is 5.47. The van der Waals surface area contributed by atoms with Crippen molar-refractivity contribution in [3.63, 3.8) is 0 Å². The first-order valence-electron chi connectivity index (χ1n) is 6.49. The second kappa shape index (κ2) is 4.53. The Bertz CT molecular complexity index is 494. The minimum Gasteiger partial charge on any atom is -0.464 e. The molecule has 0 radical (unpaired) electrons. The highest BCUT2D eigenvalue weighted by molar-refractivity contribution is 5.81. The van der Waals surface area contributed by atoms with E-state index in [0.29, 0.717) is 5.92 Å². The molecule has 0 amide bonds. The Morgan fingerprint density at radius 3 is 2.82 bits per heavy atom. The second-order valence-corrected chi connectivity index (χ2v) is 5.09. The average molecular weight is 230 g/mol. The predicted molar refractivity (Wildman–Crippen MR) is 67.7 cm³/mol. The van der Waals surface area contributed by atoms with Crippen molar-refractivity contribution in [1.82, 2.24) is 0 Å². The third-order valence-corrected chi connectivity index (χ3v) is 3.90. The van der Waals surface area contributed by atoms with Gasteiger partial charge >= 0.3 is 0 Å². The Labute approximate surface area is 101 Å². The number of aliphatic hydroxyl groups excluding tert-OH is 1. The maximum absolute atomic E-state index is 10.3. The average Bonchev–Trinajstić information content (AvgIpc) is 2.96. The van der Waals surface area contributed by atoms with Crippen LogP contribution in [0.2, 0.25) is 0 Å². The highest BCUT2D eigenvalue weighted by atomic mass is 16.3. The fourth-order valence-electron chi connectivity index (χ4n) is 2.95. The topological polar surface area (TPSA) is 33.4 Å². The molecule has 0 bridgehead atoms. The van der Waals surface area contributed by atoms with Gasteiger partial charge in [0.1, 0.15) is 5.58 Å². The van der Waals surface area contributed by atoms with E-state index in [4.69, 9.17) is 4.42 Å². The van der Waals surface area contributed by atoms with Gasteiger partial charge in [-0.3, -0.25) is 0 Å². The summed E-state index contributed by atoms with van der Waals surface area (Å²) in [5.41, 5.74) is 1.82. The molecule has 1 N–H and O–H groups in total. The fourth-order valence-corrected chi connectivity index (χ4v) is 2.95. The van der Waals surface area contributed by atoms with E-state index in [9.17, 15) is 5.11 Å². The van der Waals surface area contributed by atoms with E-state index in [1.807, 2.05) is 24.3 Å². The van der Waals surface area contributed by atoms with Gasteiger partial charge in [0.15, 0.2) is 0 Å². The first-order valence-corrected chi connectivity index (χ1v) is 6.49. The molecule has 2 aromatic rings. The van der Waals surface area contributed by atoms with Gasteiger partial charge in [-0.05, 0) is 18.4 Å². The summed E-state index contributed by atoms with van der Waals surface area (Å²) in [7, 11) is 0. The summed E-state index contributed by atoms with van der Waals surface area (Å²) >= 11 is 0. The number of furan rings is 1. The minimum atomic E-state index is -0.373. The third-order valence-electron chi connectivity index (χ3n) is 3.90. The van der Waals surface area contributed by atoms with Gasteiger partial charge in [0.05, 0.1) is 12.4 Å². The van der Waals surface area contributed by atoms with Crippen molar-refractivity contribution < 1.29 is 9.52 Å². The van der Waals surface area contributed by atoms with Crippen molar-refractivity contribution in [2.75, 3.05) is 0 Å². The van der Waals surface area contributed by atoms with Crippen molar-refractivity contribution in [2.24, 2.45) is 5.92 Å². The lowest BCUT2D eigenvalue weighted by Crippen LogP contribution is -2.03. The number of benzene rings is 1. The van der Waals surface area contributed by atoms with Crippen LogP contribution >= 0.6 is 0 Å². The molecule has 1 saturated carbocycles. The smallest absolute Gasteiger partial charge is 0.134 e. The Morgan fingerprint density at radius 2 is 2.00 bits per heavy atom. The first-order chi connectivity index (χ1) is 8.34. The Balaban J connectivity index is 1.82. The molecule has 1 aliphatic rings. The molecule has 0 saturated heterocycles. The van der Waals surface area contributed by atoms with E-state index >= 15 is 0 Å². The van der Waals surface area contributed by atoms with E-state index in [0.717, 1.165) is 23.0 Å². The van der Waals surface area contributed by atoms with E-state index in [2.05, 4.69) is 0 Å². The summed E-state index contributed by atoms with van der Waals surface area (Å²) in [4.78, 5) is 0. The van der Waals surface area contributed by atoms with Crippen molar-refractivity contribution in [2.45, 2.75) is 38.2 Å². The number of rotatable bonds is 3. The van der Waals surface area contributed by atoms with Gasteiger partial charge in [-0.1, -0.05) is 43.9 Å². The van der Waals surface area contributed by atoms with Gasteiger partial charge in [-0.25, -0.2) is 0 Å². The molecule has 1 aromatic heterocycles. The lowest BCUT2D eigenvalue weighted by molar-refractivity contribution is 0.145. The summed E-state index contributed by atoms with van der Waals surface area (Å²) in [5.74, 6) is 0.693. The molecule has 2 nitrogen and oxygen atoms in total. The van der Waals surface area contributed by atoms with Crippen LogP contribution in [0.5, 0.6) is 0 Å². The van der Waals surface area contributed by atoms with Crippen LogP contribution in [0.4, 0.5) is 0 Å². The van der Waals surface area contributed by atoms with Crippen molar-refractivity contribution >= 4 is 11.0 Å². The van der Waals surface area contributed by atoms with Crippen LogP contribution in [0.15, 0.2) is 34.9 Å². The van der Waals surface area contributed by atoms with Gasteiger partial charge in [0.25, 0.3) is 0 Å². The van der Waals surface area contributed by atoms with Gasteiger partial charge in [-0.15, -0.1) is 0 Å². The number of aliphatic hydroxyl groups is 1. The molecule has 1 unspecified atom stereocenters. The molecule has 2 heteroatoms. The lowest BCUT2D eigenvalue weighted by atomic mass is 9.95. The SMILES string of the molecule is OC(CC1CCCC1)c1coc2ccccc12. The zero-order chi connectivity index (χ0) is 11.7. The highest BCUT2D eigenvalue weighted by Crippen LogP contribution is 2.35. The molecule has 1 heterocycles. The molecule has 0 aliphatic heterocycles. The van der Waals surface area contributed by atoms with Gasteiger partial charge in [0.2, 0.25) is 0 Å². The molecule has 1 fully saturated rings. The summed E-state index contributed by atoms with van der Waals surface area (Å²) in [6, 6.07) is 7.91. The van der Waals surface area contributed by atoms with Crippen molar-refractivity contribution in [3.05, 3.63) is 36.1 Å². The quantitative estimate of drug-likeness (QED) is 0.863. The van der Waals surface area contributed by atoms with Crippen LogP contribution in [-0.4, -0.2) is 5.11 Å². The zero-order valence-electron chi connectivity index (χ0n) is 9.93. The monoisotopic (exact) mass is 230 g/mol. The maximum Gasteiger partial charge on any atom is 0.134 e. The number of hydrogen-bond donors (Lipinski definition) is 1. The molecule has 90 valence electrons. The van der Waals surface area contributed by atoms with Gasteiger partial charge in [0, 0.05) is 10.9 Å². The van der Waals surface area contributed by atoms with Crippen molar-refractivity contribution in [3.8, 4) is 0 Å². The number of para-hydroxylation sites is 1. The van der Waals surface area contributed by atoms with E-state index in [1.165, 1.54) is 25.7 Å². The lowest BCUT2D eigenvalue weighted by Gasteiger charge is -2.14. The zero-order valence-corrected chi connectivity index (χ0v) is 9.93. The fraction of sp³-hybridized carbons (Fsp3) is 0.467. The number of fused-ring (bicyclic) bond motifs is 1. The largest absolute Gasteiger partial charge is 0.464 e. The normalized spacial score (nSPS) is 18.9. The van der Waals surface area contributed by atoms with Crippen LogP contribution in [-0.2, 0) is 0 Å². The van der Waals surface area contributed by atoms with E-state index in [1.54, 1.807) is 6.26 Å². The Morgan fingerprint density at radius 1 is 1.24 bits per heavy atom. The second-order valence-electron chi connectivity index (χ2n) is 5.09. The molecule has 0 spiro atoms. The first kappa shape index (κ1) is 10.8. The molecule has 1 atom stereocenters. The number of hydrogen-bond acceptors (Lipinski definition) is 2. The minimum absolute atomic E-state index is 0.373. The maximum atomic E-state index is 10.3. The predicted octanol–water partition coefficient (Wildman–Crippen LogP) is 4.05. The molecule has 1 aromatic carbocycles. The Kier molecular flexibility index (Phi) is 2.89. The Hall–Kier alpha value is -1.28. The van der Waals surface area contributed by atoms with Crippen LogP contribution in [0.1, 0.15) is 43.8 Å². The van der Waals surface area contributed by atoms with Gasteiger partial charge < -0.3 is 9.52 Å². The summed E-state index contributed by atoms with van der Waals surface area (Å²) in [6.07, 6.45) is 7.40. The highest BCUT2D eigenvalue weighted by Gasteiger charge is 2.21. The van der Waals surface area contributed by atoms with Crippen LogP contribution in [0, 0.1) is 5.92 Å². The van der Waals surface area contributed by atoms with Crippen molar-refractivity contribution in [1.29, 1.82) is 0 Å². The molecule has 17 heavy (non-hydrogen) atoms. The van der Waals surface area contributed by atoms with E-state index < -0.39 is 0 Å². The van der Waals surface area contributed by atoms with Crippen LogP contribution < -0.4 is 0 Å². The molecule has 1 aliphatic carbocycles. The van der Waals surface area contributed by atoms with Crippen LogP contribution in [0.25, 0.3) is 11.0 Å². The molecular weight excluding hydrogens is 212 g/mol. The third kappa shape index (κ3) is 2.09.